The maximum absolute atomic E-state index is 13.1. The molecule has 0 aromatic carbocycles. The van der Waals surface area contributed by atoms with Gasteiger partial charge in [-0.15, -0.1) is 11.3 Å². The molecule has 1 aliphatic carbocycles. The lowest BCUT2D eigenvalue weighted by Gasteiger charge is -2.30. The number of pyridine rings is 1. The van der Waals surface area contributed by atoms with Crippen molar-refractivity contribution < 1.29 is 14.3 Å². The molecule has 0 saturated heterocycles. The second-order valence-corrected chi connectivity index (χ2v) is 9.76. The lowest BCUT2D eigenvalue weighted by Crippen LogP contribution is -2.42. The van der Waals surface area contributed by atoms with Crippen molar-refractivity contribution in [1.82, 2.24) is 24.5 Å². The zero-order valence-corrected chi connectivity index (χ0v) is 20.6. The minimum Gasteiger partial charge on any atom is -0.493 e. The summed E-state index contributed by atoms with van der Waals surface area (Å²) in [5.74, 6) is 1.57. The van der Waals surface area contributed by atoms with Gasteiger partial charge < -0.3 is 19.7 Å². The molecule has 0 fully saturated rings. The number of aryl methyl sites for hydroxylation is 1. The van der Waals surface area contributed by atoms with Gasteiger partial charge in [0.2, 0.25) is 5.91 Å². The second-order valence-electron chi connectivity index (χ2n) is 8.68. The number of methoxy groups -OCH3 is 2. The molecule has 34 heavy (non-hydrogen) atoms. The van der Waals surface area contributed by atoms with Crippen LogP contribution >= 0.6 is 11.3 Å². The molecule has 4 heterocycles. The summed E-state index contributed by atoms with van der Waals surface area (Å²) in [6, 6.07) is 3.98. The smallest absolute Gasteiger partial charge is 0.226 e. The minimum absolute atomic E-state index is 0.0291. The number of nitrogens with zero attached hydrogens (tertiary/aromatic N) is 5. The van der Waals surface area contributed by atoms with Gasteiger partial charge in [-0.3, -0.25) is 4.79 Å². The highest BCUT2D eigenvalue weighted by Crippen LogP contribution is 2.41. The Balaban J connectivity index is 1.45. The van der Waals surface area contributed by atoms with Crippen LogP contribution < -0.4 is 10.1 Å². The van der Waals surface area contributed by atoms with Crippen LogP contribution in [-0.4, -0.2) is 64.3 Å². The lowest BCUT2D eigenvalue weighted by atomic mass is 9.86. The van der Waals surface area contributed by atoms with E-state index in [-0.39, 0.29) is 17.9 Å². The molecule has 0 unspecified atom stereocenters. The van der Waals surface area contributed by atoms with E-state index in [1.54, 1.807) is 42.6 Å². The molecular weight excluding hydrogens is 452 g/mol. The van der Waals surface area contributed by atoms with Crippen molar-refractivity contribution in [3.63, 3.8) is 0 Å². The molecule has 10 heteroatoms. The summed E-state index contributed by atoms with van der Waals surface area (Å²) >= 11 is 1.66. The number of nitrogens with one attached hydrogen (secondary N) is 1. The van der Waals surface area contributed by atoms with E-state index in [4.69, 9.17) is 9.47 Å². The molecule has 1 N–H and O–H groups in total. The summed E-state index contributed by atoms with van der Waals surface area (Å²) < 4.78 is 12.6. The molecule has 0 bridgehead atoms. The van der Waals surface area contributed by atoms with Crippen molar-refractivity contribution in [2.24, 2.45) is 5.92 Å². The van der Waals surface area contributed by atoms with Crippen LogP contribution in [0.2, 0.25) is 0 Å². The first kappa shape index (κ1) is 22.5. The number of likely N-dealkylation sites (N-methyl/N-ethyl adjacent to an activating group) is 1. The maximum Gasteiger partial charge on any atom is 0.226 e. The van der Waals surface area contributed by atoms with Gasteiger partial charge in [0.1, 0.15) is 17.0 Å². The topological polar surface area (TPSA) is 93.9 Å². The molecule has 0 radical (unpaired) electrons. The van der Waals surface area contributed by atoms with Crippen molar-refractivity contribution in [3.05, 3.63) is 41.3 Å². The molecule has 4 aromatic heterocycles. The Morgan fingerprint density at radius 1 is 1.38 bits per heavy atom. The Morgan fingerprint density at radius 2 is 2.24 bits per heavy atom. The van der Waals surface area contributed by atoms with Crippen molar-refractivity contribution in [2.75, 3.05) is 33.2 Å². The molecule has 0 saturated carbocycles. The summed E-state index contributed by atoms with van der Waals surface area (Å²) in [6.07, 6.45) is 7.53. The average molecular weight is 481 g/mol. The van der Waals surface area contributed by atoms with Crippen LogP contribution in [0.4, 0.5) is 11.5 Å². The molecule has 5 rings (SSSR count). The third-order valence-electron chi connectivity index (χ3n) is 6.58. The molecule has 2 atom stereocenters. The Hall–Kier alpha value is -3.24. The van der Waals surface area contributed by atoms with E-state index in [9.17, 15) is 4.79 Å². The minimum atomic E-state index is -0.0291. The monoisotopic (exact) mass is 480 g/mol. The summed E-state index contributed by atoms with van der Waals surface area (Å²) in [6.45, 7) is 2.54. The van der Waals surface area contributed by atoms with Gasteiger partial charge in [0.25, 0.3) is 0 Å². The molecule has 1 aliphatic rings. The lowest BCUT2D eigenvalue weighted by molar-refractivity contribution is -0.137. The van der Waals surface area contributed by atoms with Crippen LogP contribution in [-0.2, 0) is 22.4 Å². The van der Waals surface area contributed by atoms with E-state index in [2.05, 4.69) is 20.4 Å². The number of carbonyl (C=O) groups excluding carboxylic acids is 1. The van der Waals surface area contributed by atoms with Gasteiger partial charge in [-0.2, -0.15) is 5.10 Å². The number of hydrogen-bond donors (Lipinski definition) is 1. The van der Waals surface area contributed by atoms with Gasteiger partial charge in [-0.25, -0.2) is 14.5 Å². The van der Waals surface area contributed by atoms with Crippen molar-refractivity contribution in [3.8, 4) is 5.75 Å². The first-order chi connectivity index (χ1) is 16.5. The molecule has 0 aliphatic heterocycles. The largest absolute Gasteiger partial charge is 0.493 e. The number of amides is 1. The molecule has 9 nitrogen and oxygen atoms in total. The van der Waals surface area contributed by atoms with E-state index >= 15 is 0 Å². The fraction of sp³-hybridized carbons (Fsp3) is 0.417. The molecule has 4 aromatic rings. The Morgan fingerprint density at radius 3 is 3.03 bits per heavy atom. The fourth-order valence-corrected chi connectivity index (χ4v) is 5.88. The summed E-state index contributed by atoms with van der Waals surface area (Å²) in [5, 5.41) is 8.77. The Bertz CT molecular complexity index is 1350. The summed E-state index contributed by atoms with van der Waals surface area (Å²) in [5.41, 5.74) is 3.01. The fourth-order valence-electron chi connectivity index (χ4n) is 4.61. The molecule has 178 valence electrons. The number of thiophene rings is 1. The maximum atomic E-state index is 13.1. The van der Waals surface area contributed by atoms with Gasteiger partial charge in [0.05, 0.1) is 42.5 Å². The Labute approximate surface area is 201 Å². The average Bonchev–Trinajstić information content (AvgIpc) is 3.46. The summed E-state index contributed by atoms with van der Waals surface area (Å²) in [7, 11) is 5.17. The van der Waals surface area contributed by atoms with Crippen molar-refractivity contribution >= 4 is 44.5 Å². The zero-order chi connectivity index (χ0) is 23.8. The first-order valence-corrected chi connectivity index (χ1v) is 12.1. The zero-order valence-electron chi connectivity index (χ0n) is 19.7. The highest BCUT2D eigenvalue weighted by molar-refractivity contribution is 7.19. The normalized spacial score (nSPS) is 16.4. The van der Waals surface area contributed by atoms with E-state index in [0.717, 1.165) is 46.5 Å². The molecule has 1 amide bonds. The predicted octanol–water partition coefficient (Wildman–Crippen LogP) is 3.69. The van der Waals surface area contributed by atoms with E-state index < -0.39 is 0 Å². The van der Waals surface area contributed by atoms with Crippen LogP contribution in [0.5, 0.6) is 5.75 Å². The van der Waals surface area contributed by atoms with Crippen LogP contribution in [0, 0.1) is 5.92 Å². The van der Waals surface area contributed by atoms with Gasteiger partial charge >= 0.3 is 0 Å². The SMILES string of the molecule is COC[C@@H](C)N(C)C(=O)[C@H]1CCc2c(sc3ncnc(Nc4cc5ccnn5cc4OC)c23)C1. The van der Waals surface area contributed by atoms with E-state index in [0.29, 0.717) is 12.4 Å². The number of rotatable bonds is 7. The van der Waals surface area contributed by atoms with Crippen molar-refractivity contribution in [1.29, 1.82) is 0 Å². The summed E-state index contributed by atoms with van der Waals surface area (Å²) in [4.78, 5) is 26.2. The van der Waals surface area contributed by atoms with E-state index in [1.807, 2.05) is 37.2 Å². The van der Waals surface area contributed by atoms with Gasteiger partial charge in [-0.05, 0) is 43.9 Å². The third-order valence-corrected chi connectivity index (χ3v) is 7.74. The van der Waals surface area contributed by atoms with Crippen LogP contribution in [0.25, 0.3) is 15.7 Å². The number of fused-ring (bicyclic) bond motifs is 4. The van der Waals surface area contributed by atoms with Crippen LogP contribution in [0.15, 0.2) is 30.9 Å². The van der Waals surface area contributed by atoms with Gasteiger partial charge in [0.15, 0.2) is 5.75 Å². The van der Waals surface area contributed by atoms with Gasteiger partial charge in [0, 0.05) is 31.1 Å². The number of aromatic nitrogens is 4. The van der Waals surface area contributed by atoms with Crippen LogP contribution in [0.3, 0.4) is 0 Å². The quantitative estimate of drug-likeness (QED) is 0.431. The van der Waals surface area contributed by atoms with E-state index in [1.165, 1.54) is 10.4 Å². The van der Waals surface area contributed by atoms with Gasteiger partial charge in [-0.1, -0.05) is 0 Å². The number of anilines is 2. The first-order valence-electron chi connectivity index (χ1n) is 11.3. The third kappa shape index (κ3) is 3.97. The highest BCUT2D eigenvalue weighted by Gasteiger charge is 2.32. The standard InChI is InChI=1S/C24H28N6O3S/c1-14(12-32-3)29(2)24(31)15-5-6-17-20(9-15)34-23-21(17)22(25-13-26-23)28-18-10-16-7-8-27-30(16)11-19(18)33-4/h7-8,10-11,13-15H,5-6,9,12H2,1-4H3,(H,25,26,28)/t14-,15+/m1/s1. The Kier molecular flexibility index (Phi) is 6.09. The molecular formula is C24H28N6O3S. The number of carbonyl (C=O) groups is 1. The highest BCUT2D eigenvalue weighted by atomic mass is 32.1. The number of hydrogen-bond acceptors (Lipinski definition) is 8. The van der Waals surface area contributed by atoms with Crippen molar-refractivity contribution in [2.45, 2.75) is 32.2 Å². The number of ether oxygens (including phenoxy) is 2. The van der Waals surface area contributed by atoms with Crippen LogP contribution in [0.1, 0.15) is 23.8 Å². The second kappa shape index (κ2) is 9.19. The predicted molar refractivity (Wildman–Crippen MR) is 132 cm³/mol. The molecule has 0 spiro atoms.